The fourth-order valence-corrected chi connectivity index (χ4v) is 1.80. The third kappa shape index (κ3) is 10.5. The zero-order valence-corrected chi connectivity index (χ0v) is 13.8. The molecule has 134 valence electrons. The van der Waals surface area contributed by atoms with Crippen molar-refractivity contribution in [2.75, 3.05) is 46.1 Å². The van der Waals surface area contributed by atoms with Crippen LogP contribution in [0.4, 0.5) is 4.79 Å². The highest BCUT2D eigenvalue weighted by atomic mass is 16.7. The molecule has 0 aliphatic rings. The minimum Gasteiger partial charge on any atom is -0.428 e. The van der Waals surface area contributed by atoms with Gasteiger partial charge in [0.15, 0.2) is 0 Å². The molecule has 1 rings (SSSR count). The topological polar surface area (TPSA) is 115 Å². The van der Waals surface area contributed by atoms with Gasteiger partial charge in [-0.05, 0) is 5.56 Å². The zero-order chi connectivity index (χ0) is 17.5. The summed E-state index contributed by atoms with van der Waals surface area (Å²) < 4.78 is 9.61. The normalized spacial score (nSPS) is 10.2. The van der Waals surface area contributed by atoms with Crippen LogP contribution < -0.4 is 21.7 Å². The second-order valence-electron chi connectivity index (χ2n) is 4.94. The highest BCUT2D eigenvalue weighted by molar-refractivity contribution is 5.72. The molecule has 0 heterocycles. The van der Waals surface area contributed by atoms with E-state index in [0.29, 0.717) is 19.6 Å². The number of alkyl carbamates (subject to hydrolysis) is 1. The van der Waals surface area contributed by atoms with Crippen molar-refractivity contribution in [3.63, 3.8) is 0 Å². The number of esters is 1. The Balaban J connectivity index is 1.95. The smallest absolute Gasteiger partial charge is 0.410 e. The molecule has 1 aromatic carbocycles. The predicted octanol–water partition coefficient (Wildman–Crippen LogP) is -0.406. The largest absolute Gasteiger partial charge is 0.428 e. The van der Waals surface area contributed by atoms with Crippen LogP contribution >= 0.6 is 0 Å². The van der Waals surface area contributed by atoms with Gasteiger partial charge in [-0.3, -0.25) is 4.79 Å². The quantitative estimate of drug-likeness (QED) is 0.233. The number of carbonyl (C=O) groups excluding carboxylic acids is 2. The van der Waals surface area contributed by atoms with Crippen molar-refractivity contribution in [3.8, 4) is 0 Å². The maximum absolute atomic E-state index is 11.5. The first kappa shape index (κ1) is 19.9. The number of hydrogen-bond donors (Lipinski definition) is 4. The van der Waals surface area contributed by atoms with Gasteiger partial charge in [-0.25, -0.2) is 4.79 Å². The van der Waals surface area contributed by atoms with Gasteiger partial charge in [-0.2, -0.15) is 0 Å². The van der Waals surface area contributed by atoms with E-state index < -0.39 is 18.9 Å². The Hall–Kier alpha value is -2.16. The first-order valence-corrected chi connectivity index (χ1v) is 7.94. The summed E-state index contributed by atoms with van der Waals surface area (Å²) in [5, 5.41) is 8.84. The van der Waals surface area contributed by atoms with Crippen molar-refractivity contribution in [1.82, 2.24) is 16.0 Å². The molecule has 0 aromatic heterocycles. The molecule has 5 N–H and O–H groups in total. The van der Waals surface area contributed by atoms with E-state index in [9.17, 15) is 9.59 Å². The number of ether oxygens (including phenoxy) is 2. The number of benzene rings is 1. The van der Waals surface area contributed by atoms with Crippen LogP contribution in [0.3, 0.4) is 0 Å². The minimum absolute atomic E-state index is 0.147. The van der Waals surface area contributed by atoms with E-state index >= 15 is 0 Å². The molecule has 1 amide bonds. The summed E-state index contributed by atoms with van der Waals surface area (Å²) in [6.07, 6.45) is -0.473. The van der Waals surface area contributed by atoms with Gasteiger partial charge < -0.3 is 31.2 Å². The molecule has 0 unspecified atom stereocenters. The Bertz CT molecular complexity index is 470. The number of nitrogens with one attached hydrogen (secondary N) is 3. The summed E-state index contributed by atoms with van der Waals surface area (Å²) in [5.41, 5.74) is 6.19. The minimum atomic E-state index is -0.620. The summed E-state index contributed by atoms with van der Waals surface area (Å²) in [6, 6.07) is 9.21. The van der Waals surface area contributed by atoms with Gasteiger partial charge in [0.2, 0.25) is 6.79 Å². The molecule has 0 fully saturated rings. The Morgan fingerprint density at radius 1 is 0.917 bits per heavy atom. The highest BCUT2D eigenvalue weighted by Crippen LogP contribution is 2.00. The molecule has 0 bridgehead atoms. The number of nitrogens with two attached hydrogens (primary N) is 1. The first-order valence-electron chi connectivity index (χ1n) is 7.94. The zero-order valence-electron chi connectivity index (χ0n) is 13.8. The number of hydrogen-bond acceptors (Lipinski definition) is 7. The Morgan fingerprint density at radius 2 is 1.58 bits per heavy atom. The van der Waals surface area contributed by atoms with Crippen LogP contribution in [0.1, 0.15) is 5.56 Å². The van der Waals surface area contributed by atoms with Gasteiger partial charge >= 0.3 is 12.1 Å². The summed E-state index contributed by atoms with van der Waals surface area (Å²) in [4.78, 5) is 22.9. The first-order chi connectivity index (χ1) is 11.7. The maximum Gasteiger partial charge on any atom is 0.410 e. The van der Waals surface area contributed by atoms with E-state index in [4.69, 9.17) is 15.2 Å². The molecule has 8 nitrogen and oxygen atoms in total. The molecule has 0 aliphatic heterocycles. The molecular formula is C16H26N4O4. The van der Waals surface area contributed by atoms with Crippen LogP contribution in [0.15, 0.2) is 30.3 Å². The fourth-order valence-electron chi connectivity index (χ4n) is 1.80. The lowest BCUT2D eigenvalue weighted by molar-refractivity contribution is -0.150. The Labute approximate surface area is 142 Å². The lowest BCUT2D eigenvalue weighted by atomic mass is 10.2. The number of carbonyl (C=O) groups is 2. The Kier molecular flexibility index (Phi) is 11.0. The molecule has 0 spiro atoms. The van der Waals surface area contributed by atoms with Gasteiger partial charge in [0, 0.05) is 39.3 Å². The summed E-state index contributed by atoms with van der Waals surface area (Å²) in [6.45, 7) is 3.65. The molecule has 8 heteroatoms. The van der Waals surface area contributed by atoms with Crippen molar-refractivity contribution in [1.29, 1.82) is 0 Å². The van der Waals surface area contributed by atoms with Crippen molar-refractivity contribution >= 4 is 12.1 Å². The van der Waals surface area contributed by atoms with E-state index in [1.807, 2.05) is 30.3 Å². The maximum atomic E-state index is 11.5. The summed E-state index contributed by atoms with van der Waals surface area (Å²) >= 11 is 0. The van der Waals surface area contributed by atoms with Crippen LogP contribution in [0.25, 0.3) is 0 Å². The highest BCUT2D eigenvalue weighted by Gasteiger charge is 2.06. The molecule has 0 saturated carbocycles. The van der Waals surface area contributed by atoms with Crippen molar-refractivity contribution in [2.24, 2.45) is 5.73 Å². The van der Waals surface area contributed by atoms with Gasteiger partial charge in [0.05, 0.1) is 6.42 Å². The molecule has 1 aromatic rings. The second-order valence-corrected chi connectivity index (χ2v) is 4.94. The molecule has 0 radical (unpaired) electrons. The van der Waals surface area contributed by atoms with Crippen LogP contribution in [-0.4, -0.2) is 58.1 Å². The van der Waals surface area contributed by atoms with Gasteiger partial charge in [-0.1, -0.05) is 30.3 Å². The van der Waals surface area contributed by atoms with Crippen molar-refractivity contribution in [2.45, 2.75) is 6.42 Å². The standard InChI is InChI=1S/C16H26N4O4/c17-6-7-18-8-9-19-10-11-20-16(22)24-13-23-15(21)12-14-4-2-1-3-5-14/h1-5,18-19H,6-13,17H2,(H,20,22). The van der Waals surface area contributed by atoms with Crippen LogP contribution in [0, 0.1) is 0 Å². The third-order valence-corrected chi connectivity index (χ3v) is 2.97. The predicted molar refractivity (Wildman–Crippen MR) is 90.4 cm³/mol. The van der Waals surface area contributed by atoms with E-state index in [1.54, 1.807) is 0 Å². The molecule has 0 aliphatic carbocycles. The monoisotopic (exact) mass is 338 g/mol. The van der Waals surface area contributed by atoms with E-state index in [-0.39, 0.29) is 6.42 Å². The molecular weight excluding hydrogens is 312 g/mol. The Morgan fingerprint density at radius 3 is 2.29 bits per heavy atom. The van der Waals surface area contributed by atoms with Gasteiger partial charge in [0.1, 0.15) is 0 Å². The second kappa shape index (κ2) is 13.3. The fraction of sp³-hybridized carbons (Fsp3) is 0.500. The molecule has 0 saturated heterocycles. The third-order valence-electron chi connectivity index (χ3n) is 2.97. The van der Waals surface area contributed by atoms with Crippen LogP contribution in [-0.2, 0) is 20.7 Å². The number of amides is 1. The van der Waals surface area contributed by atoms with Gasteiger partial charge in [0.25, 0.3) is 0 Å². The number of rotatable bonds is 12. The van der Waals surface area contributed by atoms with E-state index in [1.165, 1.54) is 0 Å². The summed E-state index contributed by atoms with van der Waals surface area (Å²) in [5.74, 6) is -0.444. The summed E-state index contributed by atoms with van der Waals surface area (Å²) in [7, 11) is 0. The average molecular weight is 338 g/mol. The average Bonchev–Trinajstić information content (AvgIpc) is 2.58. The lowest BCUT2D eigenvalue weighted by Crippen LogP contribution is -2.36. The van der Waals surface area contributed by atoms with Crippen LogP contribution in [0.5, 0.6) is 0 Å². The van der Waals surface area contributed by atoms with Crippen LogP contribution in [0.2, 0.25) is 0 Å². The van der Waals surface area contributed by atoms with E-state index in [2.05, 4.69) is 16.0 Å². The molecule has 24 heavy (non-hydrogen) atoms. The SMILES string of the molecule is NCCNCCNCCNC(=O)OCOC(=O)Cc1ccccc1. The van der Waals surface area contributed by atoms with E-state index in [0.717, 1.165) is 25.2 Å². The van der Waals surface area contributed by atoms with Crippen molar-refractivity contribution < 1.29 is 19.1 Å². The lowest BCUT2D eigenvalue weighted by Gasteiger charge is -2.09. The molecule has 0 atom stereocenters. The van der Waals surface area contributed by atoms with Gasteiger partial charge in [-0.15, -0.1) is 0 Å². The van der Waals surface area contributed by atoms with Crippen molar-refractivity contribution in [3.05, 3.63) is 35.9 Å².